The van der Waals surface area contributed by atoms with E-state index in [9.17, 15) is 0 Å². The van der Waals surface area contributed by atoms with E-state index in [1.54, 1.807) is 11.3 Å². The molecule has 0 bridgehead atoms. The lowest BCUT2D eigenvalue weighted by molar-refractivity contribution is 0.306. The first-order valence-corrected chi connectivity index (χ1v) is 8.12. The number of fused-ring (bicyclic) bond motifs is 1. The number of nitrogens with zero attached hydrogens (tertiary/aromatic N) is 4. The Morgan fingerprint density at radius 2 is 1.89 bits per heavy atom. The highest BCUT2D eigenvalue weighted by Crippen LogP contribution is 2.40. The van der Waals surface area contributed by atoms with Crippen molar-refractivity contribution in [2.45, 2.75) is 56.9 Å². The summed E-state index contributed by atoms with van der Waals surface area (Å²) < 4.78 is 1.93. The van der Waals surface area contributed by atoms with Crippen molar-refractivity contribution in [3.63, 3.8) is 0 Å². The molecule has 2 N–H and O–H groups in total. The van der Waals surface area contributed by atoms with E-state index in [4.69, 9.17) is 10.8 Å². The molecule has 6 heteroatoms. The molecule has 0 amide bonds. The van der Waals surface area contributed by atoms with Crippen molar-refractivity contribution in [2.24, 2.45) is 11.7 Å². The Morgan fingerprint density at radius 3 is 2.63 bits per heavy atom. The second-order valence-electron chi connectivity index (χ2n) is 5.89. The SMILES string of the molecule is NC(c1nn2c(C3CC3)nnc2s1)C1CCCCC1. The summed E-state index contributed by atoms with van der Waals surface area (Å²) in [7, 11) is 0. The molecule has 4 rings (SSSR count). The van der Waals surface area contributed by atoms with E-state index in [2.05, 4.69) is 10.2 Å². The third-order valence-corrected chi connectivity index (χ3v) is 5.42. The zero-order chi connectivity index (χ0) is 12.8. The largest absolute Gasteiger partial charge is 0.322 e. The maximum atomic E-state index is 6.42. The Labute approximate surface area is 116 Å². The van der Waals surface area contributed by atoms with Crippen LogP contribution in [0.4, 0.5) is 0 Å². The Hall–Kier alpha value is -1.01. The smallest absolute Gasteiger partial charge is 0.234 e. The number of nitrogens with two attached hydrogens (primary N) is 1. The van der Waals surface area contributed by atoms with Gasteiger partial charge in [-0.05, 0) is 31.6 Å². The Morgan fingerprint density at radius 1 is 1.11 bits per heavy atom. The van der Waals surface area contributed by atoms with E-state index in [0.29, 0.717) is 11.8 Å². The molecule has 0 aliphatic heterocycles. The maximum Gasteiger partial charge on any atom is 0.234 e. The summed E-state index contributed by atoms with van der Waals surface area (Å²) in [6, 6.07) is 0.0825. The molecule has 102 valence electrons. The predicted molar refractivity (Wildman–Crippen MR) is 74.1 cm³/mol. The molecule has 2 aliphatic rings. The van der Waals surface area contributed by atoms with E-state index in [1.807, 2.05) is 4.52 Å². The molecule has 0 radical (unpaired) electrons. The van der Waals surface area contributed by atoms with E-state index >= 15 is 0 Å². The van der Waals surface area contributed by atoms with Crippen LogP contribution in [0.15, 0.2) is 0 Å². The van der Waals surface area contributed by atoms with Crippen LogP contribution in [0.3, 0.4) is 0 Å². The van der Waals surface area contributed by atoms with E-state index in [0.717, 1.165) is 15.8 Å². The van der Waals surface area contributed by atoms with Crippen LogP contribution in [0.25, 0.3) is 4.96 Å². The van der Waals surface area contributed by atoms with E-state index in [-0.39, 0.29) is 6.04 Å². The molecule has 1 unspecified atom stereocenters. The first kappa shape index (κ1) is 11.8. The summed E-state index contributed by atoms with van der Waals surface area (Å²) in [5.74, 6) is 2.21. The Kier molecular flexibility index (Phi) is 2.81. The van der Waals surface area contributed by atoms with Gasteiger partial charge in [-0.1, -0.05) is 30.6 Å². The van der Waals surface area contributed by atoms with Gasteiger partial charge in [0.05, 0.1) is 6.04 Å². The third-order valence-electron chi connectivity index (χ3n) is 4.42. The average Bonchev–Trinajstić information content (AvgIpc) is 3.08. The average molecular weight is 277 g/mol. The van der Waals surface area contributed by atoms with Crippen molar-refractivity contribution in [3.05, 3.63) is 10.8 Å². The second kappa shape index (κ2) is 4.52. The molecule has 0 saturated heterocycles. The summed E-state index contributed by atoms with van der Waals surface area (Å²) in [5.41, 5.74) is 6.42. The standard InChI is InChI=1S/C13H19N5S/c14-10(8-4-2-1-3-5-8)12-17-18-11(9-6-7-9)15-16-13(18)19-12/h8-10H,1-7,14H2. The monoisotopic (exact) mass is 277 g/mol. The van der Waals surface area contributed by atoms with Gasteiger partial charge in [0.25, 0.3) is 0 Å². The highest BCUT2D eigenvalue weighted by atomic mass is 32.1. The minimum absolute atomic E-state index is 0.0825. The summed E-state index contributed by atoms with van der Waals surface area (Å²) in [6.45, 7) is 0. The van der Waals surface area contributed by atoms with Crippen LogP contribution in [-0.4, -0.2) is 19.8 Å². The van der Waals surface area contributed by atoms with Crippen LogP contribution in [0.5, 0.6) is 0 Å². The molecule has 5 nitrogen and oxygen atoms in total. The lowest BCUT2D eigenvalue weighted by Gasteiger charge is -2.25. The molecule has 2 fully saturated rings. The van der Waals surface area contributed by atoms with Gasteiger partial charge in [-0.3, -0.25) is 0 Å². The van der Waals surface area contributed by atoms with Gasteiger partial charge >= 0.3 is 0 Å². The van der Waals surface area contributed by atoms with Crippen molar-refractivity contribution < 1.29 is 0 Å². The Bertz CT molecular complexity index is 579. The van der Waals surface area contributed by atoms with Crippen molar-refractivity contribution in [2.75, 3.05) is 0 Å². The zero-order valence-corrected chi connectivity index (χ0v) is 11.8. The van der Waals surface area contributed by atoms with Crippen LogP contribution in [0.2, 0.25) is 0 Å². The minimum atomic E-state index is 0.0825. The van der Waals surface area contributed by atoms with Crippen LogP contribution in [0, 0.1) is 5.92 Å². The first-order chi connectivity index (χ1) is 9.33. The molecule has 2 aromatic heterocycles. The molecule has 2 aliphatic carbocycles. The van der Waals surface area contributed by atoms with Crippen molar-refractivity contribution in [1.29, 1.82) is 0 Å². The van der Waals surface area contributed by atoms with Crippen LogP contribution < -0.4 is 5.73 Å². The predicted octanol–water partition coefficient (Wildman–Crippen LogP) is 2.64. The highest BCUT2D eigenvalue weighted by molar-refractivity contribution is 7.16. The normalized spacial score (nSPS) is 23.0. The van der Waals surface area contributed by atoms with Gasteiger partial charge < -0.3 is 5.73 Å². The van der Waals surface area contributed by atoms with Gasteiger partial charge in [0.15, 0.2) is 5.82 Å². The van der Waals surface area contributed by atoms with Gasteiger partial charge in [-0.25, -0.2) is 0 Å². The van der Waals surface area contributed by atoms with Gasteiger partial charge in [0.1, 0.15) is 5.01 Å². The van der Waals surface area contributed by atoms with E-state index in [1.165, 1.54) is 44.9 Å². The number of rotatable bonds is 3. The topological polar surface area (TPSA) is 69.1 Å². The van der Waals surface area contributed by atoms with Gasteiger partial charge in [0, 0.05) is 5.92 Å². The lowest BCUT2D eigenvalue weighted by atomic mass is 9.84. The van der Waals surface area contributed by atoms with Crippen LogP contribution >= 0.6 is 11.3 Å². The van der Waals surface area contributed by atoms with Crippen LogP contribution in [-0.2, 0) is 0 Å². The Balaban J connectivity index is 1.63. The van der Waals surface area contributed by atoms with Gasteiger partial charge in [-0.15, -0.1) is 10.2 Å². The number of hydrogen-bond acceptors (Lipinski definition) is 5. The highest BCUT2D eigenvalue weighted by Gasteiger charge is 2.31. The van der Waals surface area contributed by atoms with Crippen LogP contribution in [0.1, 0.15) is 67.7 Å². The van der Waals surface area contributed by atoms with Crippen molar-refractivity contribution in [1.82, 2.24) is 19.8 Å². The quantitative estimate of drug-likeness (QED) is 0.936. The summed E-state index contributed by atoms with van der Waals surface area (Å²) in [6.07, 6.45) is 8.93. The fourth-order valence-electron chi connectivity index (χ4n) is 3.07. The maximum absolute atomic E-state index is 6.42. The second-order valence-corrected chi connectivity index (χ2v) is 6.88. The molecule has 2 heterocycles. The molecule has 2 saturated carbocycles. The van der Waals surface area contributed by atoms with E-state index < -0.39 is 0 Å². The van der Waals surface area contributed by atoms with Crippen molar-refractivity contribution >= 4 is 16.3 Å². The lowest BCUT2D eigenvalue weighted by Crippen LogP contribution is -2.23. The molecule has 2 aromatic rings. The molecular weight excluding hydrogens is 258 g/mol. The number of hydrogen-bond donors (Lipinski definition) is 1. The minimum Gasteiger partial charge on any atom is -0.322 e. The summed E-state index contributed by atoms with van der Waals surface area (Å²) >= 11 is 1.62. The first-order valence-electron chi connectivity index (χ1n) is 7.30. The zero-order valence-electron chi connectivity index (χ0n) is 11.0. The molecular formula is C13H19N5S. The molecule has 1 atom stereocenters. The number of aromatic nitrogens is 4. The fraction of sp³-hybridized carbons (Fsp3) is 0.769. The summed E-state index contributed by atoms with van der Waals surface area (Å²) in [5, 5.41) is 14.2. The summed E-state index contributed by atoms with van der Waals surface area (Å²) in [4.78, 5) is 0.906. The molecule has 0 spiro atoms. The molecule has 0 aromatic carbocycles. The van der Waals surface area contributed by atoms with Gasteiger partial charge in [-0.2, -0.15) is 9.61 Å². The van der Waals surface area contributed by atoms with Gasteiger partial charge in [0.2, 0.25) is 4.96 Å². The molecule has 19 heavy (non-hydrogen) atoms. The van der Waals surface area contributed by atoms with Crippen molar-refractivity contribution in [3.8, 4) is 0 Å². The fourth-order valence-corrected chi connectivity index (χ4v) is 4.01. The third kappa shape index (κ3) is 2.07.